The zero-order valence-corrected chi connectivity index (χ0v) is 13.8. The van der Waals surface area contributed by atoms with Crippen LogP contribution in [-0.2, 0) is 10.0 Å². The van der Waals surface area contributed by atoms with Crippen molar-refractivity contribution in [3.63, 3.8) is 0 Å². The van der Waals surface area contributed by atoms with Gasteiger partial charge >= 0.3 is 0 Å². The lowest BCUT2D eigenvalue weighted by molar-refractivity contribution is 0.214. The second kappa shape index (κ2) is 5.91. The van der Waals surface area contributed by atoms with Crippen molar-refractivity contribution in [2.75, 3.05) is 6.61 Å². The molecule has 1 heterocycles. The number of hydrogen-bond acceptors (Lipinski definition) is 4. The average Bonchev–Trinajstić information content (AvgIpc) is 2.56. The summed E-state index contributed by atoms with van der Waals surface area (Å²) in [4.78, 5) is 0.997. The molecular weight excluding hydrogens is 282 g/mol. The first-order valence-electron chi connectivity index (χ1n) is 6.25. The van der Waals surface area contributed by atoms with Crippen LogP contribution in [0.5, 0.6) is 0 Å². The SMILES string of the molecule is Cc1cc(S(=O)(=O)NC(CO)CC(C)(C)C)sc1C. The van der Waals surface area contributed by atoms with Gasteiger partial charge in [0, 0.05) is 10.9 Å². The van der Waals surface area contributed by atoms with E-state index in [1.54, 1.807) is 6.07 Å². The molecular formula is C13H23NO3S2. The van der Waals surface area contributed by atoms with E-state index in [0.29, 0.717) is 10.6 Å². The van der Waals surface area contributed by atoms with Crippen molar-refractivity contribution in [2.24, 2.45) is 5.41 Å². The van der Waals surface area contributed by atoms with Crippen LogP contribution in [0.3, 0.4) is 0 Å². The predicted octanol–water partition coefficient (Wildman–Crippen LogP) is 2.44. The summed E-state index contributed by atoms with van der Waals surface area (Å²) in [7, 11) is -3.54. The van der Waals surface area contributed by atoms with E-state index in [4.69, 9.17) is 0 Å². The van der Waals surface area contributed by atoms with E-state index in [9.17, 15) is 13.5 Å². The Balaban J connectivity index is 2.89. The Kier molecular flexibility index (Phi) is 5.17. The van der Waals surface area contributed by atoms with Crippen LogP contribution in [0.25, 0.3) is 0 Å². The first-order chi connectivity index (χ1) is 8.55. The van der Waals surface area contributed by atoms with E-state index in [1.807, 2.05) is 34.6 Å². The molecule has 19 heavy (non-hydrogen) atoms. The number of nitrogens with one attached hydrogen (secondary N) is 1. The Labute approximate surface area is 119 Å². The minimum absolute atomic E-state index is 0.0444. The Morgan fingerprint density at radius 2 is 1.95 bits per heavy atom. The number of aliphatic hydroxyl groups excluding tert-OH is 1. The summed E-state index contributed by atoms with van der Waals surface area (Å²) in [5, 5.41) is 9.34. The molecule has 1 unspecified atom stereocenters. The van der Waals surface area contributed by atoms with Gasteiger partial charge in [0.15, 0.2) is 0 Å². The van der Waals surface area contributed by atoms with Gasteiger partial charge in [-0.25, -0.2) is 13.1 Å². The maximum atomic E-state index is 12.2. The van der Waals surface area contributed by atoms with Crippen LogP contribution in [0.4, 0.5) is 0 Å². The number of aryl methyl sites for hydroxylation is 2. The van der Waals surface area contributed by atoms with Crippen molar-refractivity contribution in [1.29, 1.82) is 0 Å². The van der Waals surface area contributed by atoms with E-state index in [-0.39, 0.29) is 12.0 Å². The lowest BCUT2D eigenvalue weighted by atomic mass is 9.89. The third-order valence-electron chi connectivity index (χ3n) is 2.81. The molecule has 0 saturated carbocycles. The lowest BCUT2D eigenvalue weighted by Gasteiger charge is -2.25. The Bertz CT molecular complexity index is 507. The van der Waals surface area contributed by atoms with E-state index < -0.39 is 16.1 Å². The van der Waals surface area contributed by atoms with Crippen LogP contribution >= 0.6 is 11.3 Å². The minimum atomic E-state index is -3.54. The first kappa shape index (κ1) is 16.6. The van der Waals surface area contributed by atoms with Gasteiger partial charge in [0.1, 0.15) is 4.21 Å². The highest BCUT2D eigenvalue weighted by Gasteiger charge is 2.25. The molecule has 0 spiro atoms. The fourth-order valence-electron chi connectivity index (χ4n) is 1.83. The number of hydrogen-bond donors (Lipinski definition) is 2. The number of thiophene rings is 1. The summed E-state index contributed by atoms with van der Waals surface area (Å²) in [6.07, 6.45) is 0.589. The molecule has 1 rings (SSSR count). The number of rotatable bonds is 5. The van der Waals surface area contributed by atoms with Crippen molar-refractivity contribution in [3.05, 3.63) is 16.5 Å². The van der Waals surface area contributed by atoms with E-state index in [1.165, 1.54) is 11.3 Å². The summed E-state index contributed by atoms with van der Waals surface area (Å²) >= 11 is 1.26. The van der Waals surface area contributed by atoms with Gasteiger partial charge in [-0.1, -0.05) is 20.8 Å². The van der Waals surface area contributed by atoms with E-state index in [2.05, 4.69) is 4.72 Å². The molecule has 0 aromatic carbocycles. The van der Waals surface area contributed by atoms with Gasteiger partial charge in [0.2, 0.25) is 10.0 Å². The highest BCUT2D eigenvalue weighted by atomic mass is 32.2. The highest BCUT2D eigenvalue weighted by molar-refractivity contribution is 7.91. The van der Waals surface area contributed by atoms with Gasteiger partial charge < -0.3 is 5.11 Å². The summed E-state index contributed by atoms with van der Waals surface area (Å²) in [6.45, 7) is 9.65. The third kappa shape index (κ3) is 4.87. The molecule has 1 aromatic heterocycles. The molecule has 6 heteroatoms. The third-order valence-corrected chi connectivity index (χ3v) is 5.96. The normalized spacial score (nSPS) is 14.6. The Morgan fingerprint density at radius 1 is 1.37 bits per heavy atom. The van der Waals surface area contributed by atoms with Crippen LogP contribution in [0.2, 0.25) is 0 Å². The fourth-order valence-corrected chi connectivity index (χ4v) is 4.59. The van der Waals surface area contributed by atoms with E-state index in [0.717, 1.165) is 10.4 Å². The second-order valence-electron chi connectivity index (χ2n) is 6.07. The smallest absolute Gasteiger partial charge is 0.250 e. The summed E-state index contributed by atoms with van der Waals surface area (Å²) in [6, 6.07) is 1.22. The molecule has 0 saturated heterocycles. The summed E-state index contributed by atoms with van der Waals surface area (Å²) in [5.41, 5.74) is 0.929. The highest BCUT2D eigenvalue weighted by Crippen LogP contribution is 2.26. The van der Waals surface area contributed by atoms with Gasteiger partial charge in [0.25, 0.3) is 0 Å². The van der Waals surface area contributed by atoms with Crippen LogP contribution in [0, 0.1) is 19.3 Å². The van der Waals surface area contributed by atoms with Crippen molar-refractivity contribution in [3.8, 4) is 0 Å². The number of aliphatic hydroxyl groups is 1. The molecule has 1 aromatic rings. The van der Waals surface area contributed by atoms with Crippen molar-refractivity contribution < 1.29 is 13.5 Å². The molecule has 0 amide bonds. The van der Waals surface area contributed by atoms with Gasteiger partial charge in [-0.3, -0.25) is 0 Å². The number of sulfonamides is 1. The molecule has 0 fully saturated rings. The monoisotopic (exact) mass is 305 g/mol. The quantitative estimate of drug-likeness (QED) is 0.878. The molecule has 2 N–H and O–H groups in total. The zero-order chi connectivity index (χ0) is 14.8. The second-order valence-corrected chi connectivity index (χ2v) is 9.27. The maximum Gasteiger partial charge on any atom is 0.250 e. The van der Waals surface area contributed by atoms with Crippen LogP contribution < -0.4 is 4.72 Å². The summed E-state index contributed by atoms with van der Waals surface area (Å²) in [5.74, 6) is 0. The van der Waals surface area contributed by atoms with Crippen LogP contribution in [0.1, 0.15) is 37.6 Å². The van der Waals surface area contributed by atoms with Crippen LogP contribution in [-0.4, -0.2) is 26.2 Å². The standard InChI is InChI=1S/C13H23NO3S2/c1-9-6-12(18-10(9)2)19(16,17)14-11(8-15)7-13(3,4)5/h6,11,14-15H,7-8H2,1-5H3. The molecule has 4 nitrogen and oxygen atoms in total. The topological polar surface area (TPSA) is 66.4 Å². The van der Waals surface area contributed by atoms with E-state index >= 15 is 0 Å². The maximum absolute atomic E-state index is 12.2. The van der Waals surface area contributed by atoms with Crippen molar-refractivity contribution >= 4 is 21.4 Å². The molecule has 0 aliphatic heterocycles. The average molecular weight is 305 g/mol. The first-order valence-corrected chi connectivity index (χ1v) is 8.55. The Morgan fingerprint density at radius 3 is 2.32 bits per heavy atom. The Hall–Kier alpha value is -0.430. The minimum Gasteiger partial charge on any atom is -0.395 e. The van der Waals surface area contributed by atoms with Crippen molar-refractivity contribution in [2.45, 2.75) is 51.3 Å². The van der Waals surface area contributed by atoms with Gasteiger partial charge in [-0.05, 0) is 37.3 Å². The molecule has 0 aliphatic carbocycles. The largest absolute Gasteiger partial charge is 0.395 e. The fraction of sp³-hybridized carbons (Fsp3) is 0.692. The van der Waals surface area contributed by atoms with Gasteiger partial charge in [-0.2, -0.15) is 0 Å². The molecule has 1 atom stereocenters. The molecule has 0 bridgehead atoms. The zero-order valence-electron chi connectivity index (χ0n) is 12.1. The van der Waals surface area contributed by atoms with Crippen molar-refractivity contribution in [1.82, 2.24) is 4.72 Å². The predicted molar refractivity (Wildman–Crippen MR) is 79.1 cm³/mol. The van der Waals surface area contributed by atoms with Crippen LogP contribution in [0.15, 0.2) is 10.3 Å². The molecule has 0 radical (unpaired) electrons. The summed E-state index contributed by atoms with van der Waals surface area (Å²) < 4.78 is 27.4. The lowest BCUT2D eigenvalue weighted by Crippen LogP contribution is -2.39. The molecule has 110 valence electrons. The molecule has 0 aliphatic rings. The van der Waals surface area contributed by atoms with Gasteiger partial charge in [-0.15, -0.1) is 11.3 Å². The van der Waals surface area contributed by atoms with Gasteiger partial charge in [0.05, 0.1) is 6.61 Å².